The Morgan fingerprint density at radius 2 is 2.16 bits per heavy atom. The third kappa shape index (κ3) is 2.21. The van der Waals surface area contributed by atoms with E-state index in [1.54, 1.807) is 11.1 Å². The van der Waals surface area contributed by atoms with Crippen LogP contribution in [0.15, 0.2) is 24.3 Å². The maximum absolute atomic E-state index is 5.87. The number of aryl methyl sites for hydroxylation is 1. The van der Waals surface area contributed by atoms with E-state index >= 15 is 0 Å². The minimum atomic E-state index is 0.487. The van der Waals surface area contributed by atoms with Gasteiger partial charge in [-0.05, 0) is 54.1 Å². The summed E-state index contributed by atoms with van der Waals surface area (Å²) in [5.74, 6) is 8.95. The molecule has 0 radical (unpaired) electrons. The number of nitrogens with two attached hydrogens (primary N) is 1. The molecule has 0 aromatic heterocycles. The fourth-order valence-electron chi connectivity index (χ4n) is 4.40. The summed E-state index contributed by atoms with van der Waals surface area (Å²) in [5, 5.41) is 0. The van der Waals surface area contributed by atoms with Crippen molar-refractivity contribution < 1.29 is 0 Å². The van der Waals surface area contributed by atoms with Crippen LogP contribution >= 0.6 is 0 Å². The first-order valence-corrected chi connectivity index (χ1v) is 7.81. The van der Waals surface area contributed by atoms with Crippen molar-refractivity contribution in [3.63, 3.8) is 0 Å². The second-order valence-electron chi connectivity index (χ2n) is 6.46. The highest BCUT2D eigenvalue weighted by Crippen LogP contribution is 2.62. The zero-order valence-corrected chi connectivity index (χ0v) is 12.1. The van der Waals surface area contributed by atoms with Gasteiger partial charge in [-0.2, -0.15) is 0 Å². The van der Waals surface area contributed by atoms with Crippen LogP contribution in [-0.2, 0) is 6.42 Å². The average molecular weight is 258 g/mol. The highest BCUT2D eigenvalue weighted by atomic mass is 15.2. The third-order valence-corrected chi connectivity index (χ3v) is 5.35. The van der Waals surface area contributed by atoms with Crippen LogP contribution in [0.5, 0.6) is 0 Å². The van der Waals surface area contributed by atoms with Crippen molar-refractivity contribution in [1.29, 1.82) is 0 Å². The van der Waals surface area contributed by atoms with E-state index in [1.807, 2.05) is 0 Å². The second kappa shape index (κ2) is 5.26. The quantitative estimate of drug-likeness (QED) is 0.628. The van der Waals surface area contributed by atoms with Gasteiger partial charge >= 0.3 is 0 Å². The standard InChI is InChI=1S/C17H26N2/c1-3-6-11(2)17(19-18)16-14-10-9-12-7-4-5-8-13(12)15(14)16/h4-5,7-8,11,14-17,19H,3,6,9-10,18H2,1-2H3. The molecule has 0 heterocycles. The summed E-state index contributed by atoms with van der Waals surface area (Å²) in [4.78, 5) is 0. The van der Waals surface area contributed by atoms with Gasteiger partial charge in [0, 0.05) is 6.04 Å². The Hall–Kier alpha value is -0.860. The Labute approximate surface area is 116 Å². The molecule has 1 aromatic rings. The van der Waals surface area contributed by atoms with E-state index in [9.17, 15) is 0 Å². The average Bonchev–Trinajstić information content (AvgIpc) is 3.15. The Morgan fingerprint density at radius 3 is 2.89 bits per heavy atom. The van der Waals surface area contributed by atoms with E-state index in [2.05, 4.69) is 43.5 Å². The van der Waals surface area contributed by atoms with Crippen molar-refractivity contribution in [2.75, 3.05) is 0 Å². The Kier molecular flexibility index (Phi) is 3.64. The Bertz CT molecular complexity index is 443. The van der Waals surface area contributed by atoms with Crippen molar-refractivity contribution in [3.8, 4) is 0 Å². The van der Waals surface area contributed by atoms with Gasteiger partial charge in [-0.15, -0.1) is 0 Å². The Balaban J connectivity index is 1.79. The molecule has 0 saturated heterocycles. The third-order valence-electron chi connectivity index (χ3n) is 5.35. The van der Waals surface area contributed by atoms with Crippen LogP contribution in [0.1, 0.15) is 50.2 Å². The molecule has 1 aromatic carbocycles. The molecule has 2 nitrogen and oxygen atoms in total. The summed E-state index contributed by atoms with van der Waals surface area (Å²) >= 11 is 0. The molecule has 5 atom stereocenters. The minimum Gasteiger partial charge on any atom is -0.271 e. The van der Waals surface area contributed by atoms with Crippen LogP contribution in [0.25, 0.3) is 0 Å². The number of hydrogen-bond donors (Lipinski definition) is 2. The highest BCUT2D eigenvalue weighted by Gasteiger charge is 2.56. The summed E-state index contributed by atoms with van der Waals surface area (Å²) in [7, 11) is 0. The molecule has 1 fully saturated rings. The molecule has 1 saturated carbocycles. The van der Waals surface area contributed by atoms with E-state index < -0.39 is 0 Å². The van der Waals surface area contributed by atoms with Crippen molar-refractivity contribution in [1.82, 2.24) is 5.43 Å². The molecule has 3 N–H and O–H groups in total. The number of hydrazine groups is 1. The van der Waals surface area contributed by atoms with Crippen molar-refractivity contribution in [3.05, 3.63) is 35.4 Å². The summed E-state index contributed by atoms with van der Waals surface area (Å²) in [6, 6.07) is 9.50. The van der Waals surface area contributed by atoms with Gasteiger partial charge in [0.15, 0.2) is 0 Å². The van der Waals surface area contributed by atoms with Gasteiger partial charge in [-0.1, -0.05) is 44.5 Å². The van der Waals surface area contributed by atoms with Gasteiger partial charge in [-0.3, -0.25) is 11.3 Å². The lowest BCUT2D eigenvalue weighted by Crippen LogP contribution is -2.42. The van der Waals surface area contributed by atoms with Gasteiger partial charge in [-0.25, -0.2) is 0 Å². The number of benzene rings is 1. The van der Waals surface area contributed by atoms with E-state index in [0.717, 1.165) is 17.8 Å². The van der Waals surface area contributed by atoms with Crippen LogP contribution in [0, 0.1) is 17.8 Å². The van der Waals surface area contributed by atoms with E-state index in [4.69, 9.17) is 5.84 Å². The molecule has 0 spiro atoms. The van der Waals surface area contributed by atoms with Gasteiger partial charge in [0.1, 0.15) is 0 Å². The lowest BCUT2D eigenvalue weighted by Gasteiger charge is -2.23. The fourth-order valence-corrected chi connectivity index (χ4v) is 4.40. The molecule has 2 heteroatoms. The van der Waals surface area contributed by atoms with E-state index in [0.29, 0.717) is 12.0 Å². The lowest BCUT2D eigenvalue weighted by atomic mass is 9.91. The summed E-state index contributed by atoms with van der Waals surface area (Å²) < 4.78 is 0. The zero-order chi connectivity index (χ0) is 13.4. The first kappa shape index (κ1) is 13.1. The highest BCUT2D eigenvalue weighted by molar-refractivity contribution is 5.40. The van der Waals surface area contributed by atoms with Gasteiger partial charge < -0.3 is 0 Å². The normalized spacial score (nSPS) is 31.2. The molecule has 104 valence electrons. The van der Waals surface area contributed by atoms with Crippen LogP contribution in [-0.4, -0.2) is 6.04 Å². The summed E-state index contributed by atoms with van der Waals surface area (Å²) in [5.41, 5.74) is 6.31. The number of rotatable bonds is 5. The van der Waals surface area contributed by atoms with Crippen LogP contribution < -0.4 is 11.3 Å². The Morgan fingerprint density at radius 1 is 1.37 bits per heavy atom. The van der Waals surface area contributed by atoms with Gasteiger partial charge in [0.2, 0.25) is 0 Å². The van der Waals surface area contributed by atoms with Crippen molar-refractivity contribution >= 4 is 0 Å². The molecule has 2 aliphatic carbocycles. The lowest BCUT2D eigenvalue weighted by molar-refractivity contribution is 0.312. The molecule has 19 heavy (non-hydrogen) atoms. The predicted octanol–water partition coefficient (Wildman–Crippen LogP) is 3.23. The van der Waals surface area contributed by atoms with Gasteiger partial charge in [0.05, 0.1) is 0 Å². The molecule has 0 amide bonds. The summed E-state index contributed by atoms with van der Waals surface area (Å²) in [6.45, 7) is 4.61. The molecule has 0 bridgehead atoms. The largest absolute Gasteiger partial charge is 0.271 e. The predicted molar refractivity (Wildman–Crippen MR) is 79.7 cm³/mol. The fraction of sp³-hybridized carbons (Fsp3) is 0.647. The van der Waals surface area contributed by atoms with Crippen molar-refractivity contribution in [2.45, 2.75) is 51.5 Å². The SMILES string of the molecule is CCCC(C)C(NN)C1C2CCc3ccccc3C21. The smallest absolute Gasteiger partial charge is 0.0273 e. The van der Waals surface area contributed by atoms with Crippen LogP contribution in [0.2, 0.25) is 0 Å². The van der Waals surface area contributed by atoms with Crippen molar-refractivity contribution in [2.24, 2.45) is 23.6 Å². The van der Waals surface area contributed by atoms with Crippen LogP contribution in [0.3, 0.4) is 0 Å². The first-order valence-electron chi connectivity index (χ1n) is 7.81. The maximum atomic E-state index is 5.87. The van der Waals surface area contributed by atoms with Gasteiger partial charge in [0.25, 0.3) is 0 Å². The molecule has 3 rings (SSSR count). The maximum Gasteiger partial charge on any atom is 0.0273 e. The first-order chi connectivity index (χ1) is 9.27. The number of hydrogen-bond acceptors (Lipinski definition) is 2. The topological polar surface area (TPSA) is 38.0 Å². The van der Waals surface area contributed by atoms with E-state index in [-0.39, 0.29) is 0 Å². The number of nitrogens with one attached hydrogen (secondary N) is 1. The molecular formula is C17H26N2. The molecule has 0 aliphatic heterocycles. The molecule has 5 unspecified atom stereocenters. The zero-order valence-electron chi connectivity index (χ0n) is 12.1. The summed E-state index contributed by atoms with van der Waals surface area (Å²) in [6.07, 6.45) is 5.13. The molecule has 2 aliphatic rings. The number of fused-ring (bicyclic) bond motifs is 3. The monoisotopic (exact) mass is 258 g/mol. The minimum absolute atomic E-state index is 0.487. The molecular weight excluding hydrogens is 232 g/mol. The van der Waals surface area contributed by atoms with E-state index in [1.165, 1.54) is 25.7 Å². The second-order valence-corrected chi connectivity index (χ2v) is 6.46. The van der Waals surface area contributed by atoms with Crippen LogP contribution in [0.4, 0.5) is 0 Å².